The minimum Gasteiger partial charge on any atom is -0.298 e. The van der Waals surface area contributed by atoms with Gasteiger partial charge in [-0.3, -0.25) is 4.79 Å². The highest BCUT2D eigenvalue weighted by Crippen LogP contribution is 2.15. The summed E-state index contributed by atoms with van der Waals surface area (Å²) in [5.74, 6) is 0.192. The van der Waals surface area contributed by atoms with E-state index in [9.17, 15) is 4.79 Å². The quantitative estimate of drug-likeness (QED) is 0.614. The summed E-state index contributed by atoms with van der Waals surface area (Å²) in [5.41, 5.74) is 2.36. The third-order valence-electron chi connectivity index (χ3n) is 2.09. The van der Waals surface area contributed by atoms with Crippen LogP contribution in [0.5, 0.6) is 0 Å². The van der Waals surface area contributed by atoms with Crippen molar-refractivity contribution in [3.63, 3.8) is 0 Å². The number of aryl methyl sites for hydroxylation is 1. The molecule has 0 bridgehead atoms. The van der Waals surface area contributed by atoms with Gasteiger partial charge in [-0.25, -0.2) is 0 Å². The number of hydrogen-bond donors (Lipinski definition) is 0. The Bertz CT molecular complexity index is 336. The van der Waals surface area contributed by atoms with Gasteiger partial charge in [0.2, 0.25) is 0 Å². The van der Waals surface area contributed by atoms with Gasteiger partial charge in [0, 0.05) is 9.99 Å². The maximum atomic E-state index is 11.2. The number of hydrogen-bond acceptors (Lipinski definition) is 1. The van der Waals surface area contributed by atoms with Crippen LogP contribution in [-0.2, 0) is 17.6 Å². The second-order valence-corrected chi connectivity index (χ2v) is 4.63. The van der Waals surface area contributed by atoms with Crippen molar-refractivity contribution in [2.45, 2.75) is 19.8 Å². The van der Waals surface area contributed by atoms with Gasteiger partial charge in [-0.15, -0.1) is 11.6 Å². The Labute approximate surface area is 103 Å². The summed E-state index contributed by atoms with van der Waals surface area (Å²) in [6, 6.07) is 6.17. The molecule has 0 aromatic heterocycles. The van der Waals surface area contributed by atoms with Crippen molar-refractivity contribution < 1.29 is 4.79 Å². The summed E-state index contributed by atoms with van der Waals surface area (Å²) in [6.45, 7) is 2.10. The van der Waals surface area contributed by atoms with Crippen molar-refractivity contribution in [2.24, 2.45) is 0 Å². The second kappa shape index (κ2) is 5.71. The highest BCUT2D eigenvalue weighted by Gasteiger charge is 2.06. The first-order valence-corrected chi connectivity index (χ1v) is 6.13. The fourth-order valence-corrected chi connectivity index (χ4v) is 2.01. The number of halogens is 2. The number of Topliss-reactive ketones (excluding diaryl/α,β-unsaturated/α-hetero) is 1. The molecule has 1 aromatic rings. The second-order valence-electron chi connectivity index (χ2n) is 3.12. The molecule has 3 heteroatoms. The predicted molar refractivity (Wildman–Crippen MR) is 68.0 cm³/mol. The van der Waals surface area contributed by atoms with Gasteiger partial charge >= 0.3 is 0 Å². The van der Waals surface area contributed by atoms with Gasteiger partial charge in [-0.2, -0.15) is 0 Å². The highest BCUT2D eigenvalue weighted by molar-refractivity contribution is 14.1. The Hall–Kier alpha value is -0.0900. The van der Waals surface area contributed by atoms with Gasteiger partial charge in [0.1, 0.15) is 0 Å². The lowest BCUT2D eigenvalue weighted by atomic mass is 10.0. The Kier molecular flexibility index (Phi) is 4.89. The number of carbonyl (C=O) groups excluding carboxylic acids is 1. The smallest absolute Gasteiger partial charge is 0.151 e. The van der Waals surface area contributed by atoms with Gasteiger partial charge < -0.3 is 0 Å². The van der Waals surface area contributed by atoms with Crippen LogP contribution < -0.4 is 0 Å². The average molecular weight is 323 g/mol. The van der Waals surface area contributed by atoms with Gasteiger partial charge in [-0.05, 0) is 52.3 Å². The Morgan fingerprint density at radius 3 is 2.71 bits per heavy atom. The summed E-state index contributed by atoms with van der Waals surface area (Å²) in [5, 5.41) is 0. The normalized spacial score (nSPS) is 10.2. The molecule has 0 spiro atoms. The zero-order valence-electron chi connectivity index (χ0n) is 8.02. The van der Waals surface area contributed by atoms with E-state index in [4.69, 9.17) is 11.6 Å². The van der Waals surface area contributed by atoms with Crippen molar-refractivity contribution >= 4 is 40.0 Å². The molecule has 0 fully saturated rings. The average Bonchev–Trinajstić information content (AvgIpc) is 2.20. The summed E-state index contributed by atoms with van der Waals surface area (Å²) in [6.07, 6.45) is 1.42. The van der Waals surface area contributed by atoms with E-state index >= 15 is 0 Å². The lowest BCUT2D eigenvalue weighted by molar-refractivity contribution is -0.116. The Balaban J connectivity index is 2.90. The zero-order valence-corrected chi connectivity index (χ0v) is 10.9. The lowest BCUT2D eigenvalue weighted by Gasteiger charge is -2.06. The standard InChI is InChI=1S/C11H12ClIO/c1-2-8-5-10(13)4-3-9(8)6-11(14)7-12/h3-5H,2,6-7H2,1H3. The van der Waals surface area contributed by atoms with E-state index in [1.165, 1.54) is 9.13 Å². The van der Waals surface area contributed by atoms with Crippen molar-refractivity contribution in [2.75, 3.05) is 5.88 Å². The van der Waals surface area contributed by atoms with Crippen LogP contribution in [0.3, 0.4) is 0 Å². The van der Waals surface area contributed by atoms with Crippen molar-refractivity contribution in [3.8, 4) is 0 Å². The molecule has 1 nitrogen and oxygen atoms in total. The van der Waals surface area contributed by atoms with E-state index in [0.717, 1.165) is 12.0 Å². The van der Waals surface area contributed by atoms with Crippen LogP contribution in [-0.4, -0.2) is 11.7 Å². The minimum atomic E-state index is 0.0857. The molecule has 0 saturated carbocycles. The summed E-state index contributed by atoms with van der Waals surface area (Å²) in [4.78, 5) is 11.2. The molecular formula is C11H12ClIO. The molecule has 0 saturated heterocycles. The first kappa shape index (κ1) is 12.0. The monoisotopic (exact) mass is 322 g/mol. The molecule has 1 aromatic carbocycles. The Morgan fingerprint density at radius 1 is 1.43 bits per heavy atom. The predicted octanol–water partition coefficient (Wildman–Crippen LogP) is 3.20. The van der Waals surface area contributed by atoms with Crippen molar-refractivity contribution in [1.29, 1.82) is 0 Å². The SMILES string of the molecule is CCc1cc(I)ccc1CC(=O)CCl. The van der Waals surface area contributed by atoms with E-state index < -0.39 is 0 Å². The van der Waals surface area contributed by atoms with Crippen LogP contribution in [0.25, 0.3) is 0 Å². The number of alkyl halides is 1. The van der Waals surface area contributed by atoms with E-state index in [2.05, 4.69) is 35.6 Å². The van der Waals surface area contributed by atoms with Crippen LogP contribution in [0.1, 0.15) is 18.1 Å². The van der Waals surface area contributed by atoms with Crippen molar-refractivity contribution in [1.82, 2.24) is 0 Å². The van der Waals surface area contributed by atoms with Gasteiger partial charge in [-0.1, -0.05) is 13.0 Å². The highest BCUT2D eigenvalue weighted by atomic mass is 127. The van der Waals surface area contributed by atoms with E-state index in [1.807, 2.05) is 12.1 Å². The molecule has 0 heterocycles. The van der Waals surface area contributed by atoms with Crippen LogP contribution in [0.4, 0.5) is 0 Å². The third kappa shape index (κ3) is 3.24. The zero-order chi connectivity index (χ0) is 10.6. The van der Waals surface area contributed by atoms with Crippen LogP contribution in [0.15, 0.2) is 18.2 Å². The minimum absolute atomic E-state index is 0.0857. The molecule has 1 rings (SSSR count). The van der Waals surface area contributed by atoms with Gasteiger partial charge in [0.15, 0.2) is 5.78 Å². The van der Waals surface area contributed by atoms with E-state index in [1.54, 1.807) is 0 Å². The van der Waals surface area contributed by atoms with Crippen molar-refractivity contribution in [3.05, 3.63) is 32.9 Å². The molecule has 76 valence electrons. The number of benzene rings is 1. The van der Waals surface area contributed by atoms with Crippen LogP contribution >= 0.6 is 34.2 Å². The Morgan fingerprint density at radius 2 is 2.14 bits per heavy atom. The molecule has 0 aliphatic heterocycles. The largest absolute Gasteiger partial charge is 0.298 e. The third-order valence-corrected chi connectivity index (χ3v) is 3.05. The lowest BCUT2D eigenvalue weighted by Crippen LogP contribution is -2.06. The maximum absolute atomic E-state index is 11.2. The van der Waals surface area contributed by atoms with Gasteiger partial charge in [0.05, 0.1) is 5.88 Å². The summed E-state index contributed by atoms with van der Waals surface area (Å²) < 4.78 is 1.21. The molecule has 0 aliphatic carbocycles. The number of rotatable bonds is 4. The fourth-order valence-electron chi connectivity index (χ4n) is 1.36. The maximum Gasteiger partial charge on any atom is 0.151 e. The molecule has 0 amide bonds. The number of carbonyl (C=O) groups is 1. The first-order valence-electron chi connectivity index (χ1n) is 4.52. The number of ketones is 1. The molecule has 14 heavy (non-hydrogen) atoms. The molecule has 0 N–H and O–H groups in total. The first-order chi connectivity index (χ1) is 6.67. The van der Waals surface area contributed by atoms with E-state index in [0.29, 0.717) is 6.42 Å². The summed E-state index contributed by atoms with van der Waals surface area (Å²) in [7, 11) is 0. The van der Waals surface area contributed by atoms with Gasteiger partial charge in [0.25, 0.3) is 0 Å². The molecule has 0 radical (unpaired) electrons. The fraction of sp³-hybridized carbons (Fsp3) is 0.364. The molecular weight excluding hydrogens is 310 g/mol. The van der Waals surface area contributed by atoms with Crippen LogP contribution in [0.2, 0.25) is 0 Å². The van der Waals surface area contributed by atoms with E-state index in [-0.39, 0.29) is 11.7 Å². The topological polar surface area (TPSA) is 17.1 Å². The molecule has 0 atom stereocenters. The summed E-state index contributed by atoms with van der Waals surface area (Å²) >= 11 is 7.76. The van der Waals surface area contributed by atoms with Crippen LogP contribution in [0, 0.1) is 3.57 Å². The molecule has 0 unspecified atom stereocenters. The molecule has 0 aliphatic rings.